The van der Waals surface area contributed by atoms with Crippen molar-refractivity contribution in [1.82, 2.24) is 16.1 Å². The van der Waals surface area contributed by atoms with E-state index in [1.165, 1.54) is 31.5 Å². The summed E-state index contributed by atoms with van der Waals surface area (Å²) in [6.07, 6.45) is 0.136. The van der Waals surface area contributed by atoms with Crippen molar-refractivity contribution in [3.8, 4) is 17.2 Å². The standard InChI is InChI=1S/C31H31Cl2FN4O7/c1-4-43-25-12-19(28-27(30(40)42-3)17(2)36-31(41)37-28)7-10-24(25)44-16-26(39)38-35-14-20-11-21(32)13-23(33)29(20)45-15-18-5-8-22(34)9-6-18/h5-14,26,28,38-39H,4,15-16H2,1-3H3,(H2,36,37,41)/b35-14+/t26-,28-/m0/s1. The Kier molecular flexibility index (Phi) is 11.5. The molecule has 4 rings (SSSR count). The number of methoxy groups -OCH3 is 1. The van der Waals surface area contributed by atoms with E-state index in [4.69, 9.17) is 42.1 Å². The van der Waals surface area contributed by atoms with Crippen LogP contribution in [0.3, 0.4) is 0 Å². The fraction of sp³-hybridized carbons (Fsp3) is 0.258. The van der Waals surface area contributed by atoms with Gasteiger partial charge in [0.1, 0.15) is 24.8 Å². The predicted molar refractivity (Wildman–Crippen MR) is 166 cm³/mol. The lowest BCUT2D eigenvalue weighted by molar-refractivity contribution is -0.136. The average molecular weight is 662 g/mol. The number of carbonyl (C=O) groups excluding carboxylic acids is 2. The maximum absolute atomic E-state index is 13.2. The summed E-state index contributed by atoms with van der Waals surface area (Å²) >= 11 is 12.5. The number of carbonyl (C=O) groups is 2. The number of benzene rings is 3. The lowest BCUT2D eigenvalue weighted by Crippen LogP contribution is -2.45. The Labute approximate surface area is 268 Å². The molecule has 0 bridgehead atoms. The van der Waals surface area contributed by atoms with Gasteiger partial charge in [-0.25, -0.2) is 14.0 Å². The summed E-state index contributed by atoms with van der Waals surface area (Å²) in [6, 6.07) is 12.6. The van der Waals surface area contributed by atoms with E-state index in [2.05, 4.69) is 21.2 Å². The zero-order chi connectivity index (χ0) is 32.5. The number of urea groups is 1. The van der Waals surface area contributed by atoms with Crippen molar-refractivity contribution in [3.63, 3.8) is 0 Å². The Morgan fingerprint density at radius 1 is 1.11 bits per heavy atom. The first kappa shape index (κ1) is 33.4. The van der Waals surface area contributed by atoms with Gasteiger partial charge in [-0.1, -0.05) is 41.4 Å². The predicted octanol–water partition coefficient (Wildman–Crippen LogP) is 5.23. The van der Waals surface area contributed by atoms with Crippen LogP contribution in [-0.2, 0) is 16.1 Å². The first-order valence-electron chi connectivity index (χ1n) is 13.7. The molecule has 238 valence electrons. The van der Waals surface area contributed by atoms with E-state index in [1.807, 2.05) is 0 Å². The van der Waals surface area contributed by atoms with Gasteiger partial charge in [-0.2, -0.15) is 5.10 Å². The van der Waals surface area contributed by atoms with Gasteiger partial charge in [0.05, 0.1) is 36.6 Å². The molecule has 0 saturated carbocycles. The minimum Gasteiger partial charge on any atom is -0.490 e. The molecule has 0 saturated heterocycles. The van der Waals surface area contributed by atoms with Crippen molar-refractivity contribution in [1.29, 1.82) is 0 Å². The Morgan fingerprint density at radius 2 is 1.87 bits per heavy atom. The molecule has 0 aromatic heterocycles. The summed E-state index contributed by atoms with van der Waals surface area (Å²) in [7, 11) is 1.26. The SMILES string of the molecule is CCOc1cc([C@@H]2NC(=O)NC(C)=C2C(=O)OC)ccc1OC[C@H](O)N/N=C/c1cc(Cl)cc(Cl)c1OCc1ccc(F)cc1. The molecule has 4 N–H and O–H groups in total. The van der Waals surface area contributed by atoms with Crippen LogP contribution in [0.15, 0.2) is 71.0 Å². The third-order valence-corrected chi connectivity index (χ3v) is 6.93. The van der Waals surface area contributed by atoms with Crippen LogP contribution in [-0.4, -0.2) is 49.9 Å². The Morgan fingerprint density at radius 3 is 2.58 bits per heavy atom. The molecule has 1 aliphatic heterocycles. The van der Waals surface area contributed by atoms with Gasteiger partial charge < -0.3 is 34.7 Å². The number of hydrogen-bond acceptors (Lipinski definition) is 9. The van der Waals surface area contributed by atoms with Gasteiger partial charge in [-0.3, -0.25) is 5.43 Å². The number of esters is 1. The molecule has 0 aliphatic carbocycles. The van der Waals surface area contributed by atoms with Gasteiger partial charge in [0.2, 0.25) is 0 Å². The Bertz CT molecular complexity index is 1600. The minimum atomic E-state index is -1.24. The molecular weight excluding hydrogens is 630 g/mol. The van der Waals surface area contributed by atoms with Crippen LogP contribution in [0.4, 0.5) is 9.18 Å². The zero-order valence-corrected chi connectivity index (χ0v) is 26.0. The topological polar surface area (TPSA) is 140 Å². The van der Waals surface area contributed by atoms with Crippen molar-refractivity contribution in [3.05, 3.63) is 98.4 Å². The molecule has 14 heteroatoms. The largest absolute Gasteiger partial charge is 0.490 e. The molecule has 1 aliphatic rings. The van der Waals surface area contributed by atoms with Gasteiger partial charge in [0, 0.05) is 16.3 Å². The van der Waals surface area contributed by atoms with Gasteiger partial charge in [-0.15, -0.1) is 0 Å². The molecule has 2 atom stereocenters. The number of aliphatic hydroxyl groups excluding tert-OH is 1. The number of ether oxygens (including phenoxy) is 4. The lowest BCUT2D eigenvalue weighted by atomic mass is 9.95. The summed E-state index contributed by atoms with van der Waals surface area (Å²) in [5.74, 6) is -0.0103. The number of nitrogens with zero attached hydrogens (tertiary/aromatic N) is 1. The maximum Gasteiger partial charge on any atom is 0.337 e. The van der Waals surface area contributed by atoms with Crippen molar-refractivity contribution in [2.75, 3.05) is 20.3 Å². The summed E-state index contributed by atoms with van der Waals surface area (Å²) in [5, 5.41) is 20.4. The van der Waals surface area contributed by atoms with Crippen molar-refractivity contribution in [2.24, 2.45) is 5.10 Å². The first-order valence-corrected chi connectivity index (χ1v) is 14.4. The number of amides is 2. The highest BCUT2D eigenvalue weighted by atomic mass is 35.5. The van der Waals surface area contributed by atoms with E-state index >= 15 is 0 Å². The molecule has 11 nitrogen and oxygen atoms in total. The van der Waals surface area contributed by atoms with Crippen LogP contribution in [0.1, 0.15) is 36.6 Å². The third kappa shape index (κ3) is 8.78. The Balaban J connectivity index is 1.42. The van der Waals surface area contributed by atoms with Crippen LogP contribution in [0, 0.1) is 5.82 Å². The van der Waals surface area contributed by atoms with E-state index in [0.717, 1.165) is 5.56 Å². The number of aliphatic hydroxyl groups is 1. The highest BCUT2D eigenvalue weighted by Gasteiger charge is 2.32. The van der Waals surface area contributed by atoms with E-state index in [9.17, 15) is 19.1 Å². The highest BCUT2D eigenvalue weighted by molar-refractivity contribution is 6.36. The molecule has 0 unspecified atom stereocenters. The minimum absolute atomic E-state index is 0.122. The molecule has 0 fully saturated rings. The highest BCUT2D eigenvalue weighted by Crippen LogP contribution is 2.35. The van der Waals surface area contributed by atoms with E-state index in [-0.39, 0.29) is 29.6 Å². The second-order valence-electron chi connectivity index (χ2n) is 9.64. The zero-order valence-electron chi connectivity index (χ0n) is 24.5. The summed E-state index contributed by atoms with van der Waals surface area (Å²) < 4.78 is 35.5. The quantitative estimate of drug-likeness (QED) is 0.0846. The third-order valence-electron chi connectivity index (χ3n) is 6.43. The maximum atomic E-state index is 13.2. The number of nitrogens with one attached hydrogen (secondary N) is 3. The van der Waals surface area contributed by atoms with Crippen molar-refractivity contribution in [2.45, 2.75) is 32.7 Å². The van der Waals surface area contributed by atoms with Gasteiger partial charge in [0.15, 0.2) is 17.7 Å². The molecular formula is C31H31Cl2FN4O7. The normalized spacial score (nSPS) is 15.3. The lowest BCUT2D eigenvalue weighted by Gasteiger charge is -2.28. The monoisotopic (exact) mass is 660 g/mol. The van der Waals surface area contributed by atoms with Gasteiger partial charge in [0.25, 0.3) is 0 Å². The van der Waals surface area contributed by atoms with E-state index in [0.29, 0.717) is 45.7 Å². The second-order valence-corrected chi connectivity index (χ2v) is 10.5. The summed E-state index contributed by atoms with van der Waals surface area (Å²) in [4.78, 5) is 24.6. The molecule has 2 amide bonds. The second kappa shape index (κ2) is 15.5. The first-order chi connectivity index (χ1) is 21.6. The van der Waals surface area contributed by atoms with Crippen LogP contribution >= 0.6 is 23.2 Å². The summed E-state index contributed by atoms with van der Waals surface area (Å²) in [6.45, 7) is 3.60. The van der Waals surface area contributed by atoms with Gasteiger partial charge >= 0.3 is 12.0 Å². The fourth-order valence-electron chi connectivity index (χ4n) is 4.38. The van der Waals surface area contributed by atoms with E-state index in [1.54, 1.807) is 50.2 Å². The number of halogens is 3. The van der Waals surface area contributed by atoms with Crippen LogP contribution in [0.5, 0.6) is 17.2 Å². The summed E-state index contributed by atoms with van der Waals surface area (Å²) in [5.41, 5.74) is 4.90. The Hall–Kier alpha value is -4.52. The average Bonchev–Trinajstić information content (AvgIpc) is 3.00. The molecule has 3 aromatic rings. The smallest absolute Gasteiger partial charge is 0.337 e. The molecule has 45 heavy (non-hydrogen) atoms. The van der Waals surface area contributed by atoms with E-state index < -0.39 is 24.3 Å². The molecule has 1 heterocycles. The molecule has 0 radical (unpaired) electrons. The van der Waals surface area contributed by atoms with Crippen LogP contribution < -0.4 is 30.3 Å². The number of hydrogen-bond donors (Lipinski definition) is 4. The van der Waals surface area contributed by atoms with Crippen molar-refractivity contribution < 1.29 is 38.0 Å². The number of hydrazone groups is 1. The van der Waals surface area contributed by atoms with Crippen molar-refractivity contribution >= 4 is 41.4 Å². The molecule has 3 aromatic carbocycles. The van der Waals surface area contributed by atoms with Crippen LogP contribution in [0.25, 0.3) is 0 Å². The van der Waals surface area contributed by atoms with Gasteiger partial charge in [-0.05, 0) is 61.4 Å². The number of rotatable bonds is 13. The molecule has 0 spiro atoms. The fourth-order valence-corrected chi connectivity index (χ4v) is 4.94. The van der Waals surface area contributed by atoms with Crippen LogP contribution in [0.2, 0.25) is 10.0 Å². The number of allylic oxidation sites excluding steroid dienone is 1.